The molecule has 2 N–H and O–H groups in total. The van der Waals surface area contributed by atoms with E-state index in [0.29, 0.717) is 11.7 Å². The zero-order valence-corrected chi connectivity index (χ0v) is 10.5. The predicted octanol–water partition coefficient (Wildman–Crippen LogP) is 2.79. The minimum Gasteiger partial charge on any atom is -0.383 e. The van der Waals surface area contributed by atoms with Crippen LogP contribution < -0.4 is 5.73 Å². The van der Waals surface area contributed by atoms with Gasteiger partial charge in [0.1, 0.15) is 11.6 Å². The third-order valence-corrected chi connectivity index (χ3v) is 2.41. The van der Waals surface area contributed by atoms with Crippen LogP contribution in [0.2, 0.25) is 0 Å². The van der Waals surface area contributed by atoms with E-state index in [4.69, 9.17) is 5.73 Å². The lowest BCUT2D eigenvalue weighted by Gasteiger charge is -2.20. The topological polar surface area (TPSA) is 51.8 Å². The van der Waals surface area contributed by atoms with Crippen LogP contribution in [0.3, 0.4) is 0 Å². The van der Waals surface area contributed by atoms with Gasteiger partial charge in [-0.05, 0) is 12.8 Å². The summed E-state index contributed by atoms with van der Waals surface area (Å²) in [7, 11) is 0. The van der Waals surface area contributed by atoms with Crippen LogP contribution in [0.1, 0.15) is 57.6 Å². The second kappa shape index (κ2) is 3.80. The van der Waals surface area contributed by atoms with Gasteiger partial charge in [-0.15, -0.1) is 0 Å². The third kappa shape index (κ3) is 2.46. The summed E-state index contributed by atoms with van der Waals surface area (Å²) in [6.45, 7) is 12.5. The van der Waals surface area contributed by atoms with Crippen LogP contribution in [0.5, 0.6) is 0 Å². The van der Waals surface area contributed by atoms with Crippen LogP contribution in [-0.4, -0.2) is 9.97 Å². The summed E-state index contributed by atoms with van der Waals surface area (Å²) in [4.78, 5) is 8.93. The van der Waals surface area contributed by atoms with E-state index < -0.39 is 0 Å². The van der Waals surface area contributed by atoms with Gasteiger partial charge in [-0.25, -0.2) is 9.97 Å². The molecule has 0 spiro atoms. The molecule has 0 saturated heterocycles. The lowest BCUT2D eigenvalue weighted by Crippen LogP contribution is -2.19. The molecule has 1 aromatic rings. The van der Waals surface area contributed by atoms with Gasteiger partial charge in [-0.3, -0.25) is 0 Å². The highest BCUT2D eigenvalue weighted by Crippen LogP contribution is 2.26. The molecule has 0 atom stereocenters. The van der Waals surface area contributed by atoms with Crippen LogP contribution >= 0.6 is 0 Å². The highest BCUT2D eigenvalue weighted by molar-refractivity contribution is 5.44. The van der Waals surface area contributed by atoms with E-state index in [1.807, 2.05) is 6.92 Å². The van der Waals surface area contributed by atoms with Gasteiger partial charge in [-0.1, -0.05) is 34.6 Å². The fraction of sp³-hybridized carbons (Fsp3) is 0.667. The molecule has 0 aliphatic carbocycles. The zero-order valence-electron chi connectivity index (χ0n) is 10.5. The van der Waals surface area contributed by atoms with Crippen molar-refractivity contribution >= 4 is 5.82 Å². The summed E-state index contributed by atoms with van der Waals surface area (Å²) in [5.74, 6) is 1.82. The molecule has 0 radical (unpaired) electrons. The fourth-order valence-corrected chi connectivity index (χ4v) is 1.65. The maximum atomic E-state index is 5.97. The fourth-order valence-electron chi connectivity index (χ4n) is 1.65. The normalized spacial score (nSPS) is 12.2. The maximum Gasteiger partial charge on any atom is 0.136 e. The monoisotopic (exact) mass is 207 g/mol. The number of aryl methyl sites for hydroxylation is 1. The lowest BCUT2D eigenvalue weighted by molar-refractivity contribution is 0.542. The molecule has 3 heteroatoms. The molecule has 15 heavy (non-hydrogen) atoms. The number of rotatable bonds is 1. The van der Waals surface area contributed by atoms with Gasteiger partial charge in [0.15, 0.2) is 0 Å². The first kappa shape index (κ1) is 12.0. The van der Waals surface area contributed by atoms with Crippen molar-refractivity contribution in [3.8, 4) is 0 Å². The summed E-state index contributed by atoms with van der Waals surface area (Å²) < 4.78 is 0. The van der Waals surface area contributed by atoms with Gasteiger partial charge in [-0.2, -0.15) is 0 Å². The molecular weight excluding hydrogens is 186 g/mol. The van der Waals surface area contributed by atoms with Crippen molar-refractivity contribution in [2.75, 3.05) is 5.73 Å². The Bertz CT molecular complexity index is 339. The maximum absolute atomic E-state index is 5.97. The summed E-state index contributed by atoms with van der Waals surface area (Å²) in [5, 5.41) is 0. The molecule has 0 fully saturated rings. The Hall–Kier alpha value is -1.12. The average Bonchev–Trinajstić information content (AvgIpc) is 1.99. The first-order valence-electron chi connectivity index (χ1n) is 5.38. The summed E-state index contributed by atoms with van der Waals surface area (Å²) >= 11 is 0. The molecular formula is C12H21N3. The molecule has 0 amide bonds. The highest BCUT2D eigenvalue weighted by Gasteiger charge is 2.20. The summed E-state index contributed by atoms with van der Waals surface area (Å²) in [6.07, 6.45) is 0. The number of hydrogen-bond donors (Lipinski definition) is 1. The smallest absolute Gasteiger partial charge is 0.136 e. The lowest BCUT2D eigenvalue weighted by atomic mass is 9.94. The largest absolute Gasteiger partial charge is 0.383 e. The molecule has 0 bridgehead atoms. The molecule has 0 aromatic carbocycles. The predicted molar refractivity (Wildman–Crippen MR) is 64.0 cm³/mol. The molecule has 0 aliphatic heterocycles. The molecule has 0 saturated carbocycles. The Balaban J connectivity index is 3.32. The van der Waals surface area contributed by atoms with Crippen molar-refractivity contribution in [1.82, 2.24) is 9.97 Å². The first-order chi connectivity index (χ1) is 6.73. The Kier molecular flexibility index (Phi) is 3.03. The van der Waals surface area contributed by atoms with E-state index >= 15 is 0 Å². The number of nitrogen functional groups attached to an aromatic ring is 1. The Morgan fingerprint density at radius 2 is 1.67 bits per heavy atom. The molecule has 1 heterocycles. The Labute approximate surface area is 92.1 Å². The van der Waals surface area contributed by atoms with Crippen molar-refractivity contribution < 1.29 is 0 Å². The van der Waals surface area contributed by atoms with Gasteiger partial charge in [0.05, 0.1) is 0 Å². The van der Waals surface area contributed by atoms with Crippen LogP contribution in [0.25, 0.3) is 0 Å². The summed E-state index contributed by atoms with van der Waals surface area (Å²) in [5.41, 5.74) is 8.00. The molecule has 1 aromatic heterocycles. The van der Waals surface area contributed by atoms with Gasteiger partial charge in [0.2, 0.25) is 0 Å². The minimum atomic E-state index is -0.0472. The van der Waals surface area contributed by atoms with E-state index in [-0.39, 0.29) is 5.41 Å². The number of nitrogens with zero attached hydrogens (tertiary/aromatic N) is 2. The van der Waals surface area contributed by atoms with Crippen molar-refractivity contribution in [3.63, 3.8) is 0 Å². The first-order valence-corrected chi connectivity index (χ1v) is 5.38. The van der Waals surface area contributed by atoms with E-state index in [0.717, 1.165) is 17.1 Å². The zero-order chi connectivity index (χ0) is 11.8. The number of hydrogen-bond acceptors (Lipinski definition) is 3. The van der Waals surface area contributed by atoms with E-state index in [2.05, 4.69) is 44.6 Å². The van der Waals surface area contributed by atoms with Crippen LogP contribution in [0.4, 0.5) is 5.82 Å². The van der Waals surface area contributed by atoms with Crippen molar-refractivity contribution in [3.05, 3.63) is 17.1 Å². The molecule has 84 valence electrons. The van der Waals surface area contributed by atoms with E-state index in [1.165, 1.54) is 0 Å². The van der Waals surface area contributed by atoms with Gasteiger partial charge in [0.25, 0.3) is 0 Å². The minimum absolute atomic E-state index is 0.0472. The highest BCUT2D eigenvalue weighted by atomic mass is 15.0. The molecule has 0 unspecified atom stereocenters. The molecule has 1 rings (SSSR count). The Morgan fingerprint density at radius 3 is 2.00 bits per heavy atom. The van der Waals surface area contributed by atoms with Crippen molar-refractivity contribution in [2.45, 2.75) is 52.9 Å². The van der Waals surface area contributed by atoms with Crippen LogP contribution in [0.15, 0.2) is 0 Å². The van der Waals surface area contributed by atoms with E-state index in [1.54, 1.807) is 0 Å². The van der Waals surface area contributed by atoms with Crippen LogP contribution in [-0.2, 0) is 5.41 Å². The number of nitrogens with two attached hydrogens (primary N) is 1. The SMILES string of the molecule is Cc1nc(C(C)(C)C)nc(N)c1C(C)C. The Morgan fingerprint density at radius 1 is 1.13 bits per heavy atom. The number of aromatic nitrogens is 2. The molecule has 0 aliphatic rings. The second-order valence-corrected chi connectivity index (χ2v) is 5.34. The van der Waals surface area contributed by atoms with Crippen molar-refractivity contribution in [1.29, 1.82) is 0 Å². The number of anilines is 1. The van der Waals surface area contributed by atoms with Gasteiger partial charge in [0, 0.05) is 16.7 Å². The standard InChI is InChI=1S/C12H21N3/c1-7(2)9-8(3)14-11(12(4,5)6)15-10(9)13/h7H,1-6H3,(H2,13,14,15). The van der Waals surface area contributed by atoms with Gasteiger partial charge < -0.3 is 5.73 Å². The van der Waals surface area contributed by atoms with E-state index in [9.17, 15) is 0 Å². The quantitative estimate of drug-likeness (QED) is 0.770. The third-order valence-electron chi connectivity index (χ3n) is 2.41. The average molecular weight is 207 g/mol. The van der Waals surface area contributed by atoms with Crippen LogP contribution in [0, 0.1) is 6.92 Å². The van der Waals surface area contributed by atoms with Crippen molar-refractivity contribution in [2.24, 2.45) is 0 Å². The second-order valence-electron chi connectivity index (χ2n) is 5.34. The molecule has 3 nitrogen and oxygen atoms in total. The van der Waals surface area contributed by atoms with Gasteiger partial charge >= 0.3 is 0 Å². The summed E-state index contributed by atoms with van der Waals surface area (Å²) in [6, 6.07) is 0.